The quantitative estimate of drug-likeness (QED) is 0.515. The van der Waals surface area contributed by atoms with Gasteiger partial charge in [0, 0.05) is 23.4 Å². The summed E-state index contributed by atoms with van der Waals surface area (Å²) in [6, 6.07) is 13.7. The Morgan fingerprint density at radius 1 is 1.00 bits per heavy atom. The van der Waals surface area contributed by atoms with E-state index in [2.05, 4.69) is 57.7 Å². The lowest BCUT2D eigenvalue weighted by Crippen LogP contribution is -2.04. The average molecular weight is 379 g/mol. The first kappa shape index (κ1) is 17.3. The fourth-order valence-corrected chi connectivity index (χ4v) is 3.06. The summed E-state index contributed by atoms with van der Waals surface area (Å²) >= 11 is 6.08. The minimum absolute atomic E-state index is 0.473. The highest BCUT2D eigenvalue weighted by Crippen LogP contribution is 2.28. The third kappa shape index (κ3) is 3.57. The molecule has 7 heteroatoms. The highest BCUT2D eigenvalue weighted by atomic mass is 35.5. The van der Waals surface area contributed by atoms with E-state index in [1.54, 1.807) is 10.9 Å². The van der Waals surface area contributed by atoms with E-state index in [4.69, 9.17) is 11.6 Å². The lowest BCUT2D eigenvalue weighted by Gasteiger charge is -2.13. The van der Waals surface area contributed by atoms with E-state index >= 15 is 0 Å². The predicted octanol–water partition coefficient (Wildman–Crippen LogP) is 5.12. The molecule has 4 rings (SSSR count). The van der Waals surface area contributed by atoms with Crippen molar-refractivity contribution in [3.8, 4) is 0 Å². The Morgan fingerprint density at radius 3 is 2.67 bits per heavy atom. The highest BCUT2D eigenvalue weighted by molar-refractivity contribution is 6.30. The Balaban J connectivity index is 1.78. The highest BCUT2D eigenvalue weighted by Gasteiger charge is 2.13. The van der Waals surface area contributed by atoms with Crippen molar-refractivity contribution >= 4 is 45.8 Å². The van der Waals surface area contributed by atoms with Crippen LogP contribution >= 0.6 is 11.6 Å². The van der Waals surface area contributed by atoms with Gasteiger partial charge in [-0.3, -0.25) is 4.68 Å². The van der Waals surface area contributed by atoms with Crippen LogP contribution in [0, 0.1) is 13.8 Å². The van der Waals surface area contributed by atoms with Crippen molar-refractivity contribution in [2.45, 2.75) is 13.8 Å². The number of hydrogen-bond donors (Lipinski definition) is 2. The summed E-state index contributed by atoms with van der Waals surface area (Å²) in [5.41, 5.74) is 4.88. The maximum atomic E-state index is 6.08. The van der Waals surface area contributed by atoms with Crippen LogP contribution in [-0.4, -0.2) is 19.7 Å². The predicted molar refractivity (Wildman–Crippen MR) is 110 cm³/mol. The monoisotopic (exact) mass is 378 g/mol. The molecular formula is C20H19ClN6. The zero-order chi connectivity index (χ0) is 19.0. The summed E-state index contributed by atoms with van der Waals surface area (Å²) in [4.78, 5) is 9.27. The molecule has 0 bridgehead atoms. The van der Waals surface area contributed by atoms with Gasteiger partial charge in [-0.25, -0.2) is 0 Å². The molecule has 0 spiro atoms. The molecule has 0 atom stereocenters. The molecule has 0 fully saturated rings. The minimum atomic E-state index is 0.473. The number of rotatable bonds is 4. The molecule has 2 heterocycles. The molecule has 2 N–H and O–H groups in total. The Labute approximate surface area is 162 Å². The normalized spacial score (nSPS) is 11.0. The maximum Gasteiger partial charge on any atom is 0.231 e. The lowest BCUT2D eigenvalue weighted by atomic mass is 10.1. The molecule has 6 nitrogen and oxygen atoms in total. The standard InChI is InChI=1S/C20H19ClN6/c1-12-7-8-13(2)17(9-12)24-18-16-11-22-27(3)19(16)26-20(25-18)23-15-6-4-5-14(21)10-15/h4-11H,1-3H3,(H2,23,24,25,26). The molecule has 27 heavy (non-hydrogen) atoms. The second kappa shape index (κ2) is 6.89. The number of aromatic nitrogens is 4. The third-order valence-corrected chi connectivity index (χ3v) is 4.55. The number of anilines is 4. The first-order valence-corrected chi connectivity index (χ1v) is 8.94. The van der Waals surface area contributed by atoms with Crippen LogP contribution in [0.3, 0.4) is 0 Å². The van der Waals surface area contributed by atoms with E-state index in [1.807, 2.05) is 31.3 Å². The minimum Gasteiger partial charge on any atom is -0.339 e. The van der Waals surface area contributed by atoms with Crippen molar-refractivity contribution in [1.82, 2.24) is 19.7 Å². The van der Waals surface area contributed by atoms with Crippen LogP contribution in [0.15, 0.2) is 48.7 Å². The van der Waals surface area contributed by atoms with E-state index in [0.29, 0.717) is 16.8 Å². The van der Waals surface area contributed by atoms with Crippen LogP contribution in [0.1, 0.15) is 11.1 Å². The molecule has 0 aliphatic heterocycles. The molecule has 0 aliphatic rings. The van der Waals surface area contributed by atoms with E-state index in [1.165, 1.54) is 5.56 Å². The number of halogens is 1. The SMILES string of the molecule is Cc1ccc(C)c(Nc2nc(Nc3cccc(Cl)c3)nc3c2cnn3C)c1. The Bertz CT molecular complexity index is 1130. The molecule has 2 aromatic carbocycles. The summed E-state index contributed by atoms with van der Waals surface area (Å²) in [7, 11) is 1.86. The summed E-state index contributed by atoms with van der Waals surface area (Å²) in [5.74, 6) is 1.17. The van der Waals surface area contributed by atoms with E-state index in [9.17, 15) is 0 Å². The van der Waals surface area contributed by atoms with Crippen molar-refractivity contribution in [2.24, 2.45) is 7.05 Å². The number of nitrogens with one attached hydrogen (secondary N) is 2. The lowest BCUT2D eigenvalue weighted by molar-refractivity contribution is 0.786. The van der Waals surface area contributed by atoms with Crippen molar-refractivity contribution in [3.05, 3.63) is 64.8 Å². The van der Waals surface area contributed by atoms with E-state index in [-0.39, 0.29) is 0 Å². The van der Waals surface area contributed by atoms with Gasteiger partial charge in [-0.15, -0.1) is 0 Å². The van der Waals surface area contributed by atoms with Crippen LogP contribution in [0.5, 0.6) is 0 Å². The first-order chi connectivity index (χ1) is 13.0. The van der Waals surface area contributed by atoms with Crippen LogP contribution < -0.4 is 10.6 Å². The zero-order valence-electron chi connectivity index (χ0n) is 15.3. The topological polar surface area (TPSA) is 67.7 Å². The first-order valence-electron chi connectivity index (χ1n) is 8.56. The van der Waals surface area contributed by atoms with Crippen LogP contribution in [0.2, 0.25) is 5.02 Å². The summed E-state index contributed by atoms with van der Waals surface area (Å²) < 4.78 is 1.73. The van der Waals surface area contributed by atoms with E-state index in [0.717, 1.165) is 28.0 Å². The second-order valence-corrected chi connectivity index (χ2v) is 6.92. The number of fused-ring (bicyclic) bond motifs is 1. The van der Waals surface area contributed by atoms with E-state index < -0.39 is 0 Å². The van der Waals surface area contributed by atoms with Crippen LogP contribution in [0.25, 0.3) is 11.0 Å². The molecule has 0 aliphatic carbocycles. The number of hydrogen-bond acceptors (Lipinski definition) is 5. The smallest absolute Gasteiger partial charge is 0.231 e. The average Bonchev–Trinajstić information content (AvgIpc) is 3.00. The zero-order valence-corrected chi connectivity index (χ0v) is 16.0. The maximum absolute atomic E-state index is 6.08. The van der Waals surface area contributed by atoms with Gasteiger partial charge in [0.25, 0.3) is 0 Å². The molecule has 2 aromatic heterocycles. The molecule has 0 amide bonds. The van der Waals surface area contributed by atoms with Gasteiger partial charge in [0.1, 0.15) is 5.82 Å². The number of aryl methyl sites for hydroxylation is 3. The van der Waals surface area contributed by atoms with Gasteiger partial charge >= 0.3 is 0 Å². The van der Waals surface area contributed by atoms with Gasteiger partial charge in [-0.05, 0) is 49.2 Å². The number of nitrogens with zero attached hydrogens (tertiary/aromatic N) is 4. The molecule has 0 unspecified atom stereocenters. The summed E-state index contributed by atoms with van der Waals surface area (Å²) in [5, 5.41) is 12.5. The van der Waals surface area contributed by atoms with Gasteiger partial charge in [-0.1, -0.05) is 29.8 Å². The largest absolute Gasteiger partial charge is 0.339 e. The van der Waals surface area contributed by atoms with Crippen LogP contribution in [-0.2, 0) is 7.05 Å². The molecule has 0 saturated heterocycles. The molecule has 4 aromatic rings. The van der Waals surface area contributed by atoms with Crippen molar-refractivity contribution < 1.29 is 0 Å². The van der Waals surface area contributed by atoms with Crippen molar-refractivity contribution in [3.63, 3.8) is 0 Å². The summed E-state index contributed by atoms with van der Waals surface area (Å²) in [6.45, 7) is 4.13. The second-order valence-electron chi connectivity index (χ2n) is 6.48. The van der Waals surface area contributed by atoms with Gasteiger partial charge in [0.2, 0.25) is 5.95 Å². The molecular weight excluding hydrogens is 360 g/mol. The Hall–Kier alpha value is -3.12. The van der Waals surface area contributed by atoms with Gasteiger partial charge in [0.05, 0.1) is 11.6 Å². The fourth-order valence-electron chi connectivity index (χ4n) is 2.87. The molecule has 0 saturated carbocycles. The van der Waals surface area contributed by atoms with Crippen LogP contribution in [0.4, 0.5) is 23.1 Å². The van der Waals surface area contributed by atoms with Gasteiger partial charge < -0.3 is 10.6 Å². The van der Waals surface area contributed by atoms with Gasteiger partial charge in [-0.2, -0.15) is 15.1 Å². The summed E-state index contributed by atoms with van der Waals surface area (Å²) in [6.07, 6.45) is 1.77. The van der Waals surface area contributed by atoms with Crippen molar-refractivity contribution in [1.29, 1.82) is 0 Å². The van der Waals surface area contributed by atoms with Gasteiger partial charge in [0.15, 0.2) is 5.65 Å². The Kier molecular flexibility index (Phi) is 4.41. The molecule has 136 valence electrons. The Morgan fingerprint density at radius 2 is 1.85 bits per heavy atom. The van der Waals surface area contributed by atoms with Crippen molar-refractivity contribution in [2.75, 3.05) is 10.6 Å². The third-order valence-electron chi connectivity index (χ3n) is 4.32. The fraction of sp³-hybridized carbons (Fsp3) is 0.150. The molecule has 0 radical (unpaired) electrons. The number of benzene rings is 2.